The van der Waals surface area contributed by atoms with E-state index in [1.54, 1.807) is 0 Å². The second-order valence-electron chi connectivity index (χ2n) is 3.90. The summed E-state index contributed by atoms with van der Waals surface area (Å²) < 4.78 is 64.4. The monoisotopic (exact) mass is 273 g/mol. The molecule has 0 aliphatic carbocycles. The van der Waals surface area contributed by atoms with Gasteiger partial charge < -0.3 is 5.73 Å². The van der Waals surface area contributed by atoms with E-state index in [4.69, 9.17) is 5.73 Å². The summed E-state index contributed by atoms with van der Waals surface area (Å²) >= 11 is 0. The quantitative estimate of drug-likeness (QED) is 0.610. The molecule has 2 aromatic rings. The molecule has 6 heteroatoms. The number of anilines is 1. The molecule has 0 aromatic heterocycles. The average Bonchev–Trinajstić information content (AvgIpc) is 2.35. The van der Waals surface area contributed by atoms with Gasteiger partial charge >= 0.3 is 6.18 Å². The fourth-order valence-corrected chi connectivity index (χ4v) is 1.66. The number of nitrogens with two attached hydrogens (primary N) is 1. The van der Waals surface area contributed by atoms with Crippen LogP contribution in [0, 0.1) is 11.6 Å². The molecule has 1 nitrogen and oxygen atoms in total. The van der Waals surface area contributed by atoms with Gasteiger partial charge in [-0.15, -0.1) is 0 Å². The van der Waals surface area contributed by atoms with Crippen LogP contribution >= 0.6 is 0 Å². The minimum Gasteiger partial charge on any atom is -0.394 e. The molecule has 19 heavy (non-hydrogen) atoms. The Morgan fingerprint density at radius 1 is 0.947 bits per heavy atom. The SMILES string of the molecule is Nc1c(F)ccc(-c2cccc(C(F)(F)F)c2)c1F. The summed E-state index contributed by atoms with van der Waals surface area (Å²) in [6, 6.07) is 6.07. The molecular weight excluding hydrogens is 265 g/mol. The Kier molecular flexibility index (Phi) is 3.18. The van der Waals surface area contributed by atoms with Crippen molar-refractivity contribution in [1.29, 1.82) is 0 Å². The Labute approximate surface area is 105 Å². The van der Waals surface area contributed by atoms with E-state index in [-0.39, 0.29) is 11.1 Å². The Morgan fingerprint density at radius 3 is 2.26 bits per heavy atom. The maximum Gasteiger partial charge on any atom is 0.416 e. The topological polar surface area (TPSA) is 26.0 Å². The fraction of sp³-hybridized carbons (Fsp3) is 0.0769. The minimum atomic E-state index is -4.53. The Bertz CT molecular complexity index is 619. The zero-order valence-corrected chi connectivity index (χ0v) is 9.43. The van der Waals surface area contributed by atoms with Crippen molar-refractivity contribution in [2.75, 3.05) is 5.73 Å². The lowest BCUT2D eigenvalue weighted by Crippen LogP contribution is -2.05. The third-order valence-corrected chi connectivity index (χ3v) is 2.63. The molecule has 0 atom stereocenters. The molecule has 0 bridgehead atoms. The molecule has 0 saturated carbocycles. The first-order chi connectivity index (χ1) is 8.80. The summed E-state index contributed by atoms with van der Waals surface area (Å²) in [4.78, 5) is 0. The van der Waals surface area contributed by atoms with Crippen molar-refractivity contribution in [1.82, 2.24) is 0 Å². The maximum absolute atomic E-state index is 13.7. The van der Waals surface area contributed by atoms with Crippen molar-refractivity contribution < 1.29 is 22.0 Å². The van der Waals surface area contributed by atoms with Gasteiger partial charge in [-0.05, 0) is 29.8 Å². The van der Waals surface area contributed by atoms with Crippen molar-refractivity contribution in [3.05, 3.63) is 53.6 Å². The molecule has 0 fully saturated rings. The number of rotatable bonds is 1. The molecule has 2 N–H and O–H groups in total. The highest BCUT2D eigenvalue weighted by atomic mass is 19.4. The maximum atomic E-state index is 13.7. The highest BCUT2D eigenvalue weighted by Gasteiger charge is 2.30. The standard InChI is InChI=1S/C13H8F5N/c14-10-5-4-9(11(15)12(10)19)7-2-1-3-8(6-7)13(16,17)18/h1-6H,19H2. The predicted molar refractivity (Wildman–Crippen MR) is 61.2 cm³/mol. The molecule has 0 heterocycles. The second kappa shape index (κ2) is 4.53. The van der Waals surface area contributed by atoms with E-state index < -0.39 is 29.1 Å². The van der Waals surface area contributed by atoms with Crippen LogP contribution in [-0.4, -0.2) is 0 Å². The molecule has 100 valence electrons. The van der Waals surface area contributed by atoms with Gasteiger partial charge in [0.2, 0.25) is 0 Å². The van der Waals surface area contributed by atoms with Gasteiger partial charge in [0.05, 0.1) is 5.56 Å². The van der Waals surface area contributed by atoms with E-state index in [0.29, 0.717) is 0 Å². The van der Waals surface area contributed by atoms with Gasteiger partial charge in [-0.2, -0.15) is 13.2 Å². The Hall–Kier alpha value is -2.11. The molecule has 0 aliphatic rings. The molecular formula is C13H8F5N. The first-order valence-electron chi connectivity index (χ1n) is 5.22. The molecule has 2 rings (SSSR count). The van der Waals surface area contributed by atoms with Crippen LogP contribution < -0.4 is 5.73 Å². The smallest absolute Gasteiger partial charge is 0.394 e. The van der Waals surface area contributed by atoms with E-state index in [1.165, 1.54) is 6.07 Å². The lowest BCUT2D eigenvalue weighted by atomic mass is 10.0. The van der Waals surface area contributed by atoms with E-state index >= 15 is 0 Å². The van der Waals surface area contributed by atoms with Gasteiger partial charge in [-0.3, -0.25) is 0 Å². The van der Waals surface area contributed by atoms with Crippen molar-refractivity contribution in [2.24, 2.45) is 0 Å². The molecule has 0 saturated heterocycles. The molecule has 2 aromatic carbocycles. The number of alkyl halides is 3. The van der Waals surface area contributed by atoms with Crippen molar-refractivity contribution >= 4 is 5.69 Å². The first kappa shape index (κ1) is 13.3. The van der Waals surface area contributed by atoms with Gasteiger partial charge in [-0.1, -0.05) is 12.1 Å². The van der Waals surface area contributed by atoms with Gasteiger partial charge in [-0.25, -0.2) is 8.78 Å². The summed E-state index contributed by atoms with van der Waals surface area (Å²) in [6.45, 7) is 0. The summed E-state index contributed by atoms with van der Waals surface area (Å²) in [5, 5.41) is 0. The predicted octanol–water partition coefficient (Wildman–Crippen LogP) is 4.23. The van der Waals surface area contributed by atoms with E-state index in [9.17, 15) is 22.0 Å². The van der Waals surface area contributed by atoms with Crippen LogP contribution in [0.1, 0.15) is 5.56 Å². The van der Waals surface area contributed by atoms with Crippen LogP contribution in [-0.2, 0) is 6.18 Å². The number of hydrogen-bond acceptors (Lipinski definition) is 1. The van der Waals surface area contributed by atoms with Crippen LogP contribution in [0.4, 0.5) is 27.6 Å². The third-order valence-electron chi connectivity index (χ3n) is 2.63. The van der Waals surface area contributed by atoms with Gasteiger partial charge in [0.15, 0.2) is 5.82 Å². The van der Waals surface area contributed by atoms with Crippen LogP contribution in [0.15, 0.2) is 36.4 Å². The van der Waals surface area contributed by atoms with Crippen LogP contribution in [0.2, 0.25) is 0 Å². The van der Waals surface area contributed by atoms with Gasteiger partial charge in [0.25, 0.3) is 0 Å². The lowest BCUT2D eigenvalue weighted by Gasteiger charge is -2.10. The molecule has 0 spiro atoms. The lowest BCUT2D eigenvalue weighted by molar-refractivity contribution is -0.137. The Balaban J connectivity index is 2.57. The van der Waals surface area contributed by atoms with Crippen molar-refractivity contribution in [3.8, 4) is 11.1 Å². The highest BCUT2D eigenvalue weighted by Crippen LogP contribution is 2.34. The average molecular weight is 273 g/mol. The summed E-state index contributed by atoms with van der Waals surface area (Å²) in [7, 11) is 0. The third kappa shape index (κ3) is 2.52. The summed E-state index contributed by atoms with van der Waals surface area (Å²) in [5.41, 5.74) is 3.36. The largest absolute Gasteiger partial charge is 0.416 e. The number of hydrogen-bond donors (Lipinski definition) is 1. The van der Waals surface area contributed by atoms with E-state index in [2.05, 4.69) is 0 Å². The normalized spacial score (nSPS) is 11.6. The summed E-state index contributed by atoms with van der Waals surface area (Å²) in [5.74, 6) is -2.02. The van der Waals surface area contributed by atoms with Gasteiger partial charge in [0.1, 0.15) is 11.5 Å². The van der Waals surface area contributed by atoms with E-state index in [1.807, 2.05) is 0 Å². The van der Waals surface area contributed by atoms with Crippen LogP contribution in [0.5, 0.6) is 0 Å². The molecule has 0 unspecified atom stereocenters. The van der Waals surface area contributed by atoms with Gasteiger partial charge in [0, 0.05) is 5.56 Å². The number of benzene rings is 2. The van der Waals surface area contributed by atoms with Crippen molar-refractivity contribution in [2.45, 2.75) is 6.18 Å². The van der Waals surface area contributed by atoms with Crippen LogP contribution in [0.25, 0.3) is 11.1 Å². The van der Waals surface area contributed by atoms with E-state index in [0.717, 1.165) is 30.3 Å². The first-order valence-corrected chi connectivity index (χ1v) is 5.22. The van der Waals surface area contributed by atoms with Crippen LogP contribution in [0.3, 0.4) is 0 Å². The zero-order valence-electron chi connectivity index (χ0n) is 9.43. The number of nitrogen functional groups attached to an aromatic ring is 1. The number of halogens is 5. The molecule has 0 amide bonds. The van der Waals surface area contributed by atoms with Crippen molar-refractivity contribution in [3.63, 3.8) is 0 Å². The zero-order chi connectivity index (χ0) is 14.2. The minimum absolute atomic E-state index is 0.0148. The highest BCUT2D eigenvalue weighted by molar-refractivity contribution is 5.69. The molecule has 0 aliphatic heterocycles. The fourth-order valence-electron chi connectivity index (χ4n) is 1.66. The molecule has 0 radical (unpaired) electrons. The summed E-state index contributed by atoms with van der Waals surface area (Å²) in [6.07, 6.45) is -4.53. The Morgan fingerprint density at radius 2 is 1.63 bits per heavy atom. The second-order valence-corrected chi connectivity index (χ2v) is 3.90.